The Morgan fingerprint density at radius 2 is 1.86 bits per heavy atom. The van der Waals surface area contributed by atoms with Gasteiger partial charge in [0.15, 0.2) is 0 Å². The molecule has 1 aromatic carbocycles. The number of hydrogen-bond donors (Lipinski definition) is 1. The van der Waals surface area contributed by atoms with Crippen molar-refractivity contribution in [2.45, 2.75) is 19.6 Å². The lowest BCUT2D eigenvalue weighted by atomic mass is 10.1. The van der Waals surface area contributed by atoms with Crippen LogP contribution in [0.1, 0.15) is 16.7 Å². The molecule has 76 valence electrons. The Morgan fingerprint density at radius 3 is 2.36 bits per heavy atom. The highest BCUT2D eigenvalue weighted by Gasteiger charge is 1.98. The number of primary amides is 1. The Labute approximate surface area is 88.9 Å². The molecule has 0 fully saturated rings. The van der Waals surface area contributed by atoms with Crippen LogP contribution in [-0.4, -0.2) is 11.7 Å². The zero-order valence-corrected chi connectivity index (χ0v) is 9.36. The molecular weight excluding hydrogens is 194 g/mol. The minimum Gasteiger partial charge on any atom is -0.369 e. The van der Waals surface area contributed by atoms with Crippen LogP contribution in [0.3, 0.4) is 0 Å². The van der Waals surface area contributed by atoms with Gasteiger partial charge in [-0.15, -0.1) is 11.8 Å². The van der Waals surface area contributed by atoms with E-state index in [2.05, 4.69) is 32.0 Å². The number of nitrogens with two attached hydrogens (primary N) is 1. The summed E-state index contributed by atoms with van der Waals surface area (Å²) < 4.78 is 0. The van der Waals surface area contributed by atoms with Crippen molar-refractivity contribution in [3.63, 3.8) is 0 Å². The third-order valence-electron chi connectivity index (χ3n) is 1.79. The van der Waals surface area contributed by atoms with Crippen molar-refractivity contribution in [1.82, 2.24) is 0 Å². The lowest BCUT2D eigenvalue weighted by Crippen LogP contribution is -2.13. The summed E-state index contributed by atoms with van der Waals surface area (Å²) in [6.07, 6.45) is 0. The van der Waals surface area contributed by atoms with Crippen LogP contribution in [0.25, 0.3) is 0 Å². The van der Waals surface area contributed by atoms with Crippen LogP contribution in [0.15, 0.2) is 18.2 Å². The van der Waals surface area contributed by atoms with Gasteiger partial charge in [-0.05, 0) is 19.4 Å². The number of benzene rings is 1. The number of carbonyl (C=O) groups excluding carboxylic acids is 1. The summed E-state index contributed by atoms with van der Waals surface area (Å²) in [6, 6.07) is 6.42. The Kier molecular flexibility index (Phi) is 4.01. The van der Waals surface area contributed by atoms with Crippen LogP contribution in [-0.2, 0) is 10.5 Å². The third kappa shape index (κ3) is 3.83. The van der Waals surface area contributed by atoms with E-state index in [0.717, 1.165) is 5.75 Å². The first-order chi connectivity index (χ1) is 6.58. The molecule has 0 unspecified atom stereocenters. The van der Waals surface area contributed by atoms with Crippen LogP contribution in [0, 0.1) is 13.8 Å². The Balaban J connectivity index is 2.54. The van der Waals surface area contributed by atoms with Crippen LogP contribution >= 0.6 is 11.8 Å². The van der Waals surface area contributed by atoms with Crippen molar-refractivity contribution < 1.29 is 4.79 Å². The van der Waals surface area contributed by atoms with Crippen LogP contribution in [0.2, 0.25) is 0 Å². The van der Waals surface area contributed by atoms with Crippen molar-refractivity contribution in [1.29, 1.82) is 0 Å². The fourth-order valence-corrected chi connectivity index (χ4v) is 2.13. The molecule has 0 heterocycles. The Hall–Kier alpha value is -0.960. The van der Waals surface area contributed by atoms with Crippen LogP contribution < -0.4 is 5.73 Å². The minimum atomic E-state index is -0.251. The molecule has 0 bridgehead atoms. The van der Waals surface area contributed by atoms with Gasteiger partial charge >= 0.3 is 0 Å². The van der Waals surface area contributed by atoms with E-state index in [0.29, 0.717) is 5.75 Å². The van der Waals surface area contributed by atoms with Gasteiger partial charge in [-0.3, -0.25) is 4.79 Å². The second-order valence-electron chi connectivity index (χ2n) is 3.46. The highest BCUT2D eigenvalue weighted by atomic mass is 32.2. The molecule has 3 heteroatoms. The average molecular weight is 209 g/mol. The molecule has 0 atom stereocenters. The van der Waals surface area contributed by atoms with Gasteiger partial charge in [0.2, 0.25) is 5.91 Å². The summed E-state index contributed by atoms with van der Waals surface area (Å²) in [5.41, 5.74) is 8.84. The molecule has 2 nitrogen and oxygen atoms in total. The number of carbonyl (C=O) groups is 1. The molecule has 0 aliphatic heterocycles. The molecule has 0 saturated heterocycles. The average Bonchev–Trinajstić information content (AvgIpc) is 2.01. The number of rotatable bonds is 4. The second-order valence-corrected chi connectivity index (χ2v) is 4.44. The standard InChI is InChI=1S/C11H15NOS/c1-8-3-9(2)5-10(4-8)6-14-7-11(12)13/h3-5H,6-7H2,1-2H3,(H2,12,13). The predicted molar refractivity (Wildman–Crippen MR) is 61.3 cm³/mol. The van der Waals surface area contributed by atoms with Crippen LogP contribution in [0.4, 0.5) is 0 Å². The maximum absolute atomic E-state index is 10.5. The number of thioether (sulfide) groups is 1. The summed E-state index contributed by atoms with van der Waals surface area (Å²) >= 11 is 1.56. The van der Waals surface area contributed by atoms with E-state index >= 15 is 0 Å². The van der Waals surface area contributed by atoms with E-state index < -0.39 is 0 Å². The second kappa shape index (κ2) is 5.05. The molecule has 0 saturated carbocycles. The van der Waals surface area contributed by atoms with Crippen molar-refractivity contribution >= 4 is 17.7 Å². The predicted octanol–water partition coefficient (Wildman–Crippen LogP) is 2.02. The van der Waals surface area contributed by atoms with E-state index in [1.54, 1.807) is 11.8 Å². The van der Waals surface area contributed by atoms with Crippen molar-refractivity contribution in [3.8, 4) is 0 Å². The molecule has 0 aromatic heterocycles. The van der Waals surface area contributed by atoms with Gasteiger partial charge in [-0.2, -0.15) is 0 Å². The Morgan fingerprint density at radius 1 is 1.29 bits per heavy atom. The topological polar surface area (TPSA) is 43.1 Å². The van der Waals surface area contributed by atoms with E-state index in [1.165, 1.54) is 16.7 Å². The van der Waals surface area contributed by atoms with Crippen LogP contribution in [0.5, 0.6) is 0 Å². The summed E-state index contributed by atoms with van der Waals surface area (Å²) in [7, 11) is 0. The van der Waals surface area contributed by atoms with Gasteiger partial charge in [-0.1, -0.05) is 29.3 Å². The largest absolute Gasteiger partial charge is 0.369 e. The molecule has 0 aliphatic carbocycles. The maximum atomic E-state index is 10.5. The summed E-state index contributed by atoms with van der Waals surface area (Å²) in [4.78, 5) is 10.5. The van der Waals surface area contributed by atoms with Crippen molar-refractivity contribution in [2.75, 3.05) is 5.75 Å². The molecule has 0 radical (unpaired) electrons. The normalized spacial score (nSPS) is 10.1. The van der Waals surface area contributed by atoms with E-state index in [1.807, 2.05) is 0 Å². The molecule has 1 rings (SSSR count). The molecule has 0 spiro atoms. The maximum Gasteiger partial charge on any atom is 0.227 e. The Bertz CT molecular complexity index is 316. The molecule has 2 N–H and O–H groups in total. The zero-order valence-electron chi connectivity index (χ0n) is 8.54. The van der Waals surface area contributed by atoms with Gasteiger partial charge in [0, 0.05) is 5.75 Å². The monoisotopic (exact) mass is 209 g/mol. The van der Waals surface area contributed by atoms with Crippen molar-refractivity contribution in [2.24, 2.45) is 5.73 Å². The molecule has 14 heavy (non-hydrogen) atoms. The fraction of sp³-hybridized carbons (Fsp3) is 0.364. The van der Waals surface area contributed by atoms with E-state index in [9.17, 15) is 4.79 Å². The van der Waals surface area contributed by atoms with Gasteiger partial charge in [-0.25, -0.2) is 0 Å². The first kappa shape index (κ1) is 11.1. The molecule has 0 aliphatic rings. The number of amides is 1. The smallest absolute Gasteiger partial charge is 0.227 e. The molecular formula is C11H15NOS. The van der Waals surface area contributed by atoms with Gasteiger partial charge in [0.05, 0.1) is 5.75 Å². The van der Waals surface area contributed by atoms with Gasteiger partial charge in [0.25, 0.3) is 0 Å². The molecule has 1 amide bonds. The van der Waals surface area contributed by atoms with Crippen molar-refractivity contribution in [3.05, 3.63) is 34.9 Å². The van der Waals surface area contributed by atoms with E-state index in [-0.39, 0.29) is 5.91 Å². The summed E-state index contributed by atoms with van der Waals surface area (Å²) in [5, 5.41) is 0. The first-order valence-electron chi connectivity index (χ1n) is 4.51. The summed E-state index contributed by atoms with van der Waals surface area (Å²) in [6.45, 7) is 4.16. The highest BCUT2D eigenvalue weighted by molar-refractivity contribution is 7.99. The number of aryl methyl sites for hydroxylation is 2. The lowest BCUT2D eigenvalue weighted by molar-refractivity contribution is -0.115. The third-order valence-corrected chi connectivity index (χ3v) is 2.82. The summed E-state index contributed by atoms with van der Waals surface area (Å²) in [5.74, 6) is 0.998. The highest BCUT2D eigenvalue weighted by Crippen LogP contribution is 2.15. The quantitative estimate of drug-likeness (QED) is 0.824. The SMILES string of the molecule is Cc1cc(C)cc(CSCC(N)=O)c1. The zero-order chi connectivity index (χ0) is 10.6. The molecule has 1 aromatic rings. The van der Waals surface area contributed by atoms with Gasteiger partial charge in [0.1, 0.15) is 0 Å². The van der Waals surface area contributed by atoms with Gasteiger partial charge < -0.3 is 5.73 Å². The lowest BCUT2D eigenvalue weighted by Gasteiger charge is -2.03. The van der Waals surface area contributed by atoms with E-state index in [4.69, 9.17) is 5.73 Å². The number of hydrogen-bond acceptors (Lipinski definition) is 2. The first-order valence-corrected chi connectivity index (χ1v) is 5.66. The minimum absolute atomic E-state index is 0.251. The fourth-order valence-electron chi connectivity index (χ4n) is 1.42.